The molecule has 4 nitrogen and oxygen atoms in total. The molecule has 0 saturated heterocycles. The zero-order valence-electron chi connectivity index (χ0n) is 12.5. The van der Waals surface area contributed by atoms with Crippen LogP contribution in [-0.2, 0) is 6.54 Å². The van der Waals surface area contributed by atoms with E-state index in [0.29, 0.717) is 11.4 Å². The third kappa shape index (κ3) is 2.54. The summed E-state index contributed by atoms with van der Waals surface area (Å²) < 4.78 is 1.87. The second-order valence-corrected chi connectivity index (χ2v) is 5.10. The number of aryl methyl sites for hydroxylation is 3. The SMILES string of the molecule is CCn1cc(N)cc1C(=O)N(C)c1ccc(C)cc1C. The first-order valence-corrected chi connectivity index (χ1v) is 6.75. The van der Waals surface area contributed by atoms with Gasteiger partial charge in [0.05, 0.1) is 5.69 Å². The van der Waals surface area contributed by atoms with Crippen LogP contribution in [0.5, 0.6) is 0 Å². The van der Waals surface area contributed by atoms with E-state index in [1.807, 2.05) is 37.5 Å². The van der Waals surface area contributed by atoms with Gasteiger partial charge < -0.3 is 15.2 Å². The van der Waals surface area contributed by atoms with Gasteiger partial charge in [-0.1, -0.05) is 17.7 Å². The van der Waals surface area contributed by atoms with Crippen molar-refractivity contribution in [3.05, 3.63) is 47.3 Å². The summed E-state index contributed by atoms with van der Waals surface area (Å²) >= 11 is 0. The Kier molecular flexibility index (Phi) is 3.84. The maximum Gasteiger partial charge on any atom is 0.274 e. The fourth-order valence-corrected chi connectivity index (χ4v) is 2.44. The molecular weight excluding hydrogens is 250 g/mol. The summed E-state index contributed by atoms with van der Waals surface area (Å²) in [6.45, 7) is 6.77. The lowest BCUT2D eigenvalue weighted by atomic mass is 10.1. The molecule has 1 amide bonds. The second-order valence-electron chi connectivity index (χ2n) is 5.10. The van der Waals surface area contributed by atoms with Crippen molar-refractivity contribution >= 4 is 17.3 Å². The van der Waals surface area contributed by atoms with Crippen LogP contribution in [0.15, 0.2) is 30.5 Å². The van der Waals surface area contributed by atoms with Crippen LogP contribution in [0.4, 0.5) is 11.4 Å². The van der Waals surface area contributed by atoms with Gasteiger partial charge in [0, 0.05) is 25.5 Å². The summed E-state index contributed by atoms with van der Waals surface area (Å²) in [4.78, 5) is 14.3. The first-order chi connectivity index (χ1) is 9.43. The molecule has 2 aromatic rings. The number of carbonyl (C=O) groups is 1. The molecule has 20 heavy (non-hydrogen) atoms. The van der Waals surface area contributed by atoms with Crippen molar-refractivity contribution in [2.75, 3.05) is 17.7 Å². The molecule has 0 spiro atoms. The average Bonchev–Trinajstić information content (AvgIpc) is 2.78. The quantitative estimate of drug-likeness (QED) is 0.933. The number of anilines is 2. The third-order valence-electron chi connectivity index (χ3n) is 3.50. The molecule has 0 bridgehead atoms. The van der Waals surface area contributed by atoms with Crippen LogP contribution >= 0.6 is 0 Å². The number of nitrogen functional groups attached to an aromatic ring is 1. The van der Waals surface area contributed by atoms with Gasteiger partial charge in [-0.05, 0) is 38.5 Å². The van der Waals surface area contributed by atoms with E-state index in [9.17, 15) is 4.79 Å². The normalized spacial score (nSPS) is 10.6. The molecule has 0 radical (unpaired) electrons. The van der Waals surface area contributed by atoms with E-state index >= 15 is 0 Å². The van der Waals surface area contributed by atoms with Gasteiger partial charge in [-0.2, -0.15) is 0 Å². The fourth-order valence-electron chi connectivity index (χ4n) is 2.44. The number of hydrogen-bond donors (Lipinski definition) is 1. The van der Waals surface area contributed by atoms with E-state index in [4.69, 9.17) is 5.73 Å². The van der Waals surface area contributed by atoms with E-state index in [2.05, 4.69) is 6.07 Å². The molecule has 1 heterocycles. The molecule has 1 aromatic heterocycles. The van der Waals surface area contributed by atoms with Crippen LogP contribution < -0.4 is 10.6 Å². The number of rotatable bonds is 3. The Bertz CT molecular complexity index is 643. The van der Waals surface area contributed by atoms with E-state index in [-0.39, 0.29) is 5.91 Å². The number of benzene rings is 1. The average molecular weight is 271 g/mol. The van der Waals surface area contributed by atoms with Gasteiger partial charge in [0.15, 0.2) is 0 Å². The zero-order valence-corrected chi connectivity index (χ0v) is 12.5. The fraction of sp³-hybridized carbons (Fsp3) is 0.312. The van der Waals surface area contributed by atoms with Gasteiger partial charge in [-0.3, -0.25) is 4.79 Å². The van der Waals surface area contributed by atoms with Crippen LogP contribution in [0.25, 0.3) is 0 Å². The van der Waals surface area contributed by atoms with Gasteiger partial charge in [0.25, 0.3) is 5.91 Å². The Balaban J connectivity index is 2.37. The van der Waals surface area contributed by atoms with Gasteiger partial charge in [-0.15, -0.1) is 0 Å². The molecule has 4 heteroatoms. The molecule has 0 saturated carbocycles. The van der Waals surface area contributed by atoms with Crippen molar-refractivity contribution in [2.24, 2.45) is 0 Å². The van der Waals surface area contributed by atoms with Crippen molar-refractivity contribution in [1.29, 1.82) is 0 Å². The Labute approximate surface area is 119 Å². The minimum atomic E-state index is -0.0458. The van der Waals surface area contributed by atoms with Crippen LogP contribution in [0.1, 0.15) is 28.5 Å². The highest BCUT2D eigenvalue weighted by Gasteiger charge is 2.19. The van der Waals surface area contributed by atoms with E-state index in [0.717, 1.165) is 17.8 Å². The summed E-state index contributed by atoms with van der Waals surface area (Å²) in [7, 11) is 1.79. The molecule has 2 N–H and O–H groups in total. The number of carbonyl (C=O) groups excluding carboxylic acids is 1. The number of amides is 1. The van der Waals surface area contributed by atoms with Gasteiger partial charge in [-0.25, -0.2) is 0 Å². The lowest BCUT2D eigenvalue weighted by Crippen LogP contribution is -2.28. The highest BCUT2D eigenvalue weighted by atomic mass is 16.2. The second kappa shape index (κ2) is 5.41. The highest BCUT2D eigenvalue weighted by molar-refractivity contribution is 6.05. The van der Waals surface area contributed by atoms with Crippen molar-refractivity contribution in [2.45, 2.75) is 27.3 Å². The maximum atomic E-state index is 12.6. The molecule has 2 rings (SSSR count). The van der Waals surface area contributed by atoms with Crippen LogP contribution in [-0.4, -0.2) is 17.5 Å². The largest absolute Gasteiger partial charge is 0.397 e. The lowest BCUT2D eigenvalue weighted by Gasteiger charge is -2.20. The number of hydrogen-bond acceptors (Lipinski definition) is 2. The van der Waals surface area contributed by atoms with Crippen molar-refractivity contribution in [1.82, 2.24) is 4.57 Å². The molecule has 0 aliphatic rings. The third-order valence-corrected chi connectivity index (χ3v) is 3.50. The Morgan fingerprint density at radius 1 is 1.30 bits per heavy atom. The topological polar surface area (TPSA) is 51.3 Å². The van der Waals surface area contributed by atoms with E-state index in [1.54, 1.807) is 24.2 Å². The molecule has 0 aliphatic heterocycles. The van der Waals surface area contributed by atoms with E-state index in [1.165, 1.54) is 5.56 Å². The summed E-state index contributed by atoms with van der Waals surface area (Å²) in [5.74, 6) is -0.0458. The molecule has 0 fully saturated rings. The zero-order chi connectivity index (χ0) is 14.9. The first-order valence-electron chi connectivity index (χ1n) is 6.75. The monoisotopic (exact) mass is 271 g/mol. The molecule has 106 valence electrons. The Morgan fingerprint density at radius 3 is 2.60 bits per heavy atom. The molecule has 0 atom stereocenters. The first kappa shape index (κ1) is 14.2. The van der Waals surface area contributed by atoms with Crippen molar-refractivity contribution in [3.8, 4) is 0 Å². The number of aromatic nitrogens is 1. The van der Waals surface area contributed by atoms with Crippen molar-refractivity contribution < 1.29 is 4.79 Å². The predicted molar refractivity (Wildman–Crippen MR) is 83.2 cm³/mol. The lowest BCUT2D eigenvalue weighted by molar-refractivity contribution is 0.0984. The summed E-state index contributed by atoms with van der Waals surface area (Å²) in [6, 6.07) is 7.79. The van der Waals surface area contributed by atoms with Gasteiger partial charge in [0.2, 0.25) is 0 Å². The Hall–Kier alpha value is -2.23. The standard InChI is InChI=1S/C16H21N3O/c1-5-19-10-13(17)9-15(19)16(20)18(4)14-7-6-11(2)8-12(14)3/h6-10H,5,17H2,1-4H3. The van der Waals surface area contributed by atoms with Gasteiger partial charge >= 0.3 is 0 Å². The Morgan fingerprint density at radius 2 is 2.00 bits per heavy atom. The summed E-state index contributed by atoms with van der Waals surface area (Å²) in [6.07, 6.45) is 1.79. The number of nitrogens with zero attached hydrogens (tertiary/aromatic N) is 2. The minimum absolute atomic E-state index is 0.0458. The van der Waals surface area contributed by atoms with Crippen LogP contribution in [0, 0.1) is 13.8 Å². The minimum Gasteiger partial charge on any atom is -0.397 e. The summed E-state index contributed by atoms with van der Waals surface area (Å²) in [5, 5.41) is 0. The summed E-state index contributed by atoms with van der Waals surface area (Å²) in [5.41, 5.74) is 10.2. The van der Waals surface area contributed by atoms with Gasteiger partial charge in [0.1, 0.15) is 5.69 Å². The van der Waals surface area contributed by atoms with Crippen LogP contribution in [0.2, 0.25) is 0 Å². The molecule has 1 aromatic carbocycles. The molecular formula is C16H21N3O. The molecule has 0 unspecified atom stereocenters. The maximum absolute atomic E-state index is 12.6. The smallest absolute Gasteiger partial charge is 0.274 e. The predicted octanol–water partition coefficient (Wildman–Crippen LogP) is 2.98. The molecule has 0 aliphatic carbocycles. The number of nitrogens with two attached hydrogens (primary N) is 1. The van der Waals surface area contributed by atoms with Crippen molar-refractivity contribution in [3.63, 3.8) is 0 Å². The van der Waals surface area contributed by atoms with E-state index < -0.39 is 0 Å². The highest BCUT2D eigenvalue weighted by Crippen LogP contribution is 2.22. The van der Waals surface area contributed by atoms with Crippen LogP contribution in [0.3, 0.4) is 0 Å².